The van der Waals surface area contributed by atoms with Gasteiger partial charge in [0.15, 0.2) is 0 Å². The van der Waals surface area contributed by atoms with Gasteiger partial charge in [0.25, 0.3) is 0 Å². The molecular weight excluding hydrogens is 190 g/mol. The molecule has 1 aliphatic heterocycles. The van der Waals surface area contributed by atoms with Crippen molar-refractivity contribution in [1.29, 1.82) is 0 Å². The van der Waals surface area contributed by atoms with Crippen LogP contribution < -0.4 is 5.11 Å². The first-order valence-electron chi connectivity index (χ1n) is 6.16. The Morgan fingerprint density at radius 2 is 1.80 bits per heavy atom. The summed E-state index contributed by atoms with van der Waals surface area (Å²) in [5.41, 5.74) is 0. The molecule has 0 saturated carbocycles. The molecule has 0 amide bonds. The summed E-state index contributed by atoms with van der Waals surface area (Å²) in [4.78, 5) is 10.2. The fourth-order valence-electron chi connectivity index (χ4n) is 2.44. The third-order valence-electron chi connectivity index (χ3n) is 3.47. The Balaban J connectivity index is 2.05. The molecule has 0 spiro atoms. The van der Waals surface area contributed by atoms with E-state index in [-0.39, 0.29) is 6.42 Å². The van der Waals surface area contributed by atoms with E-state index >= 15 is 0 Å². The number of carboxylic acid groups (broad SMARTS) is 1. The molecule has 0 N–H and O–H groups in total. The molecule has 0 aliphatic carbocycles. The molecule has 0 aromatic carbocycles. The maximum Gasteiger partial charge on any atom is 0.0784 e. The zero-order chi connectivity index (χ0) is 11.1. The highest BCUT2D eigenvalue weighted by atomic mass is 16.4. The van der Waals surface area contributed by atoms with Gasteiger partial charge in [-0.25, -0.2) is 0 Å². The maximum atomic E-state index is 10.2. The number of aliphatic carboxylic acids is 1. The van der Waals surface area contributed by atoms with Crippen LogP contribution in [0, 0.1) is 0 Å². The Morgan fingerprint density at radius 1 is 1.13 bits per heavy atom. The molecule has 1 rings (SSSR count). The Labute approximate surface area is 92.7 Å². The normalized spacial score (nSPS) is 20.1. The summed E-state index contributed by atoms with van der Waals surface area (Å²) in [5, 5.41) is 10.2. The molecule has 1 heterocycles. The molecule has 0 bridgehead atoms. The van der Waals surface area contributed by atoms with Crippen molar-refractivity contribution in [1.82, 2.24) is 0 Å². The first kappa shape index (κ1) is 12.5. The average Bonchev–Trinajstić information content (AvgIpc) is 2.17. The highest BCUT2D eigenvalue weighted by Crippen LogP contribution is 2.17. The Kier molecular flexibility index (Phi) is 5.09. The standard InChI is InChI=1S/C12H23NO2/c1-13(10-6-3-7-11-13)9-5-2-4-8-12(14)15/h2-11H2,1H3. The van der Waals surface area contributed by atoms with Crippen molar-refractivity contribution in [3.63, 3.8) is 0 Å². The molecule has 0 atom stereocenters. The second kappa shape index (κ2) is 6.11. The van der Waals surface area contributed by atoms with Gasteiger partial charge < -0.3 is 14.4 Å². The molecule has 0 radical (unpaired) electrons. The second-order valence-corrected chi connectivity index (χ2v) is 5.03. The Bertz CT molecular complexity index is 198. The summed E-state index contributed by atoms with van der Waals surface area (Å²) in [5.74, 6) is -0.909. The minimum absolute atomic E-state index is 0.226. The maximum absolute atomic E-state index is 10.2. The number of nitrogens with zero attached hydrogens (tertiary/aromatic N) is 1. The van der Waals surface area contributed by atoms with Gasteiger partial charge in [-0.3, -0.25) is 0 Å². The lowest BCUT2D eigenvalue weighted by atomic mass is 10.1. The summed E-state index contributed by atoms with van der Waals surface area (Å²) in [7, 11) is 2.33. The second-order valence-electron chi connectivity index (χ2n) is 5.03. The van der Waals surface area contributed by atoms with Crippen LogP contribution in [0.15, 0.2) is 0 Å². The van der Waals surface area contributed by atoms with Crippen LogP contribution >= 0.6 is 0 Å². The van der Waals surface area contributed by atoms with Crippen molar-refractivity contribution in [3.8, 4) is 0 Å². The third-order valence-corrected chi connectivity index (χ3v) is 3.47. The fraction of sp³-hybridized carbons (Fsp3) is 0.917. The summed E-state index contributed by atoms with van der Waals surface area (Å²) < 4.78 is 1.20. The highest BCUT2D eigenvalue weighted by molar-refractivity contribution is 5.63. The van der Waals surface area contributed by atoms with E-state index in [9.17, 15) is 9.90 Å². The van der Waals surface area contributed by atoms with E-state index in [4.69, 9.17) is 0 Å². The van der Waals surface area contributed by atoms with Gasteiger partial charge in [-0.05, 0) is 44.9 Å². The van der Waals surface area contributed by atoms with Gasteiger partial charge in [0.2, 0.25) is 0 Å². The van der Waals surface area contributed by atoms with Gasteiger partial charge in [-0.15, -0.1) is 0 Å². The highest BCUT2D eigenvalue weighted by Gasteiger charge is 2.23. The van der Waals surface area contributed by atoms with Crippen LogP contribution in [-0.4, -0.2) is 37.1 Å². The number of piperidine rings is 1. The number of carbonyl (C=O) groups excluding carboxylic acids is 1. The van der Waals surface area contributed by atoms with Gasteiger partial charge in [0.05, 0.1) is 26.7 Å². The summed E-state index contributed by atoms with van der Waals surface area (Å²) >= 11 is 0. The number of unbranched alkanes of at least 4 members (excludes halogenated alkanes) is 2. The van der Waals surface area contributed by atoms with Crippen LogP contribution in [0.3, 0.4) is 0 Å². The van der Waals surface area contributed by atoms with Crippen molar-refractivity contribution in [2.75, 3.05) is 26.7 Å². The van der Waals surface area contributed by atoms with E-state index in [2.05, 4.69) is 7.05 Å². The van der Waals surface area contributed by atoms with Gasteiger partial charge in [-0.1, -0.05) is 0 Å². The van der Waals surface area contributed by atoms with Crippen LogP contribution in [0.4, 0.5) is 0 Å². The van der Waals surface area contributed by atoms with Crippen LogP contribution in [-0.2, 0) is 4.79 Å². The quantitative estimate of drug-likeness (QED) is 0.486. The molecule has 0 unspecified atom stereocenters. The van der Waals surface area contributed by atoms with E-state index in [0.717, 1.165) is 19.3 Å². The molecule has 3 nitrogen and oxygen atoms in total. The molecular formula is C12H23NO2. The number of carboxylic acids is 1. The molecule has 0 aromatic heterocycles. The van der Waals surface area contributed by atoms with Crippen molar-refractivity contribution < 1.29 is 14.4 Å². The molecule has 3 heteroatoms. The van der Waals surface area contributed by atoms with Crippen LogP contribution in [0.25, 0.3) is 0 Å². The van der Waals surface area contributed by atoms with Crippen LogP contribution in [0.5, 0.6) is 0 Å². The van der Waals surface area contributed by atoms with Crippen molar-refractivity contribution in [2.45, 2.75) is 44.9 Å². The van der Waals surface area contributed by atoms with E-state index in [1.165, 1.54) is 43.4 Å². The topological polar surface area (TPSA) is 40.1 Å². The number of hydrogen-bond donors (Lipinski definition) is 0. The predicted octanol–water partition coefficient (Wildman–Crippen LogP) is 0.927. The van der Waals surface area contributed by atoms with Crippen molar-refractivity contribution in [2.24, 2.45) is 0 Å². The SMILES string of the molecule is C[N+]1(CCCCCC(=O)[O-])CCCCC1. The zero-order valence-corrected chi connectivity index (χ0v) is 9.83. The third kappa shape index (κ3) is 5.17. The predicted molar refractivity (Wildman–Crippen MR) is 58.1 cm³/mol. The van der Waals surface area contributed by atoms with E-state index < -0.39 is 5.97 Å². The largest absolute Gasteiger partial charge is 0.550 e. The monoisotopic (exact) mass is 213 g/mol. The molecule has 0 aromatic rings. The van der Waals surface area contributed by atoms with Gasteiger partial charge >= 0.3 is 0 Å². The molecule has 1 saturated heterocycles. The zero-order valence-electron chi connectivity index (χ0n) is 9.83. The Hall–Kier alpha value is -0.570. The van der Waals surface area contributed by atoms with E-state index in [1.54, 1.807) is 0 Å². The van der Waals surface area contributed by atoms with Crippen LogP contribution in [0.1, 0.15) is 44.9 Å². The first-order chi connectivity index (χ1) is 7.12. The lowest BCUT2D eigenvalue weighted by Gasteiger charge is -2.37. The summed E-state index contributed by atoms with van der Waals surface area (Å²) in [6.45, 7) is 3.83. The fourth-order valence-corrected chi connectivity index (χ4v) is 2.44. The molecule has 15 heavy (non-hydrogen) atoms. The molecule has 1 fully saturated rings. The number of likely N-dealkylation sites (tertiary alicyclic amines) is 1. The average molecular weight is 213 g/mol. The van der Waals surface area contributed by atoms with Gasteiger partial charge in [0.1, 0.15) is 0 Å². The summed E-state index contributed by atoms with van der Waals surface area (Å²) in [6.07, 6.45) is 7.29. The number of hydrogen-bond acceptors (Lipinski definition) is 2. The Morgan fingerprint density at radius 3 is 2.40 bits per heavy atom. The lowest BCUT2D eigenvalue weighted by Crippen LogP contribution is -2.48. The van der Waals surface area contributed by atoms with Gasteiger partial charge in [-0.2, -0.15) is 0 Å². The lowest BCUT2D eigenvalue weighted by molar-refractivity contribution is -0.914. The minimum Gasteiger partial charge on any atom is -0.550 e. The number of carbonyl (C=O) groups is 1. The smallest absolute Gasteiger partial charge is 0.0784 e. The van der Waals surface area contributed by atoms with Crippen molar-refractivity contribution >= 4 is 5.97 Å². The van der Waals surface area contributed by atoms with Crippen LogP contribution in [0.2, 0.25) is 0 Å². The van der Waals surface area contributed by atoms with E-state index in [0.29, 0.717) is 0 Å². The molecule has 1 aliphatic rings. The van der Waals surface area contributed by atoms with Crippen molar-refractivity contribution in [3.05, 3.63) is 0 Å². The number of quaternary nitrogens is 1. The van der Waals surface area contributed by atoms with Gasteiger partial charge in [0, 0.05) is 5.97 Å². The number of rotatable bonds is 6. The van der Waals surface area contributed by atoms with E-state index in [1.807, 2.05) is 0 Å². The summed E-state index contributed by atoms with van der Waals surface area (Å²) in [6, 6.07) is 0. The first-order valence-corrected chi connectivity index (χ1v) is 6.16. The molecule has 88 valence electrons. The minimum atomic E-state index is -0.909.